The third-order valence-electron chi connectivity index (χ3n) is 4.62. The predicted octanol–water partition coefficient (Wildman–Crippen LogP) is 4.27. The number of benzene rings is 1. The molecule has 1 aliphatic carbocycles. The van der Waals surface area contributed by atoms with Crippen molar-refractivity contribution in [3.8, 4) is 5.88 Å². The number of halogens is 1. The summed E-state index contributed by atoms with van der Waals surface area (Å²) in [7, 11) is 1.46. The Balaban J connectivity index is 2.22. The molecule has 1 aliphatic rings. The van der Waals surface area contributed by atoms with Crippen LogP contribution in [0.4, 0.5) is 0 Å². The summed E-state index contributed by atoms with van der Waals surface area (Å²) < 4.78 is 10.4. The lowest BCUT2D eigenvalue weighted by Gasteiger charge is -2.28. The van der Waals surface area contributed by atoms with Crippen LogP contribution in [-0.2, 0) is 4.74 Å². The fourth-order valence-corrected chi connectivity index (χ4v) is 3.45. The molecule has 6 heteroatoms. The van der Waals surface area contributed by atoms with E-state index in [0.29, 0.717) is 17.0 Å². The summed E-state index contributed by atoms with van der Waals surface area (Å²) in [5.41, 5.74) is 2.53. The first-order valence-electron chi connectivity index (χ1n) is 8.38. The predicted molar refractivity (Wildman–Crippen MR) is 99.0 cm³/mol. The zero-order valence-electron chi connectivity index (χ0n) is 14.3. The third kappa shape index (κ3) is 3.27. The lowest BCUT2D eigenvalue weighted by Crippen LogP contribution is -2.16. The first kappa shape index (κ1) is 17.9. The number of Topliss-reactive ketones (excluding diaryl/α,β-unsaturated/α-hetero) is 1. The number of nitrogens with zero attached hydrogens (tertiary/aromatic N) is 1. The molecule has 1 heterocycles. The lowest BCUT2D eigenvalue weighted by atomic mass is 9.77. The highest BCUT2D eigenvalue weighted by Crippen LogP contribution is 2.40. The van der Waals surface area contributed by atoms with E-state index in [1.165, 1.54) is 13.5 Å². The van der Waals surface area contributed by atoms with E-state index in [1.807, 2.05) is 12.1 Å². The molecule has 1 aromatic carbocycles. The molecule has 2 aromatic rings. The first-order chi connectivity index (χ1) is 12.1. The van der Waals surface area contributed by atoms with Crippen LogP contribution in [0.5, 0.6) is 5.88 Å². The number of aromatic nitrogens is 1. The van der Waals surface area contributed by atoms with E-state index in [4.69, 9.17) is 9.47 Å². The lowest BCUT2D eigenvalue weighted by molar-refractivity contribution is 0.0522. The molecule has 0 radical (unpaired) electrons. The maximum atomic E-state index is 12.6. The second kappa shape index (κ2) is 7.52. The monoisotopic (exact) mass is 405 g/mol. The quantitative estimate of drug-likeness (QED) is 0.407. The number of pyridine rings is 1. The number of rotatable bonds is 6. The van der Waals surface area contributed by atoms with Gasteiger partial charge in [-0.1, -0.05) is 34.5 Å². The summed E-state index contributed by atoms with van der Waals surface area (Å²) in [4.78, 5) is 29.3. The van der Waals surface area contributed by atoms with Gasteiger partial charge < -0.3 is 9.47 Å². The molecule has 0 atom stereocenters. The Kier molecular flexibility index (Phi) is 5.37. The summed E-state index contributed by atoms with van der Waals surface area (Å²) >= 11 is 3.27. The highest BCUT2D eigenvalue weighted by atomic mass is 79.9. The van der Waals surface area contributed by atoms with Crippen LogP contribution in [0.1, 0.15) is 58.4 Å². The van der Waals surface area contributed by atoms with Gasteiger partial charge in [-0.3, -0.25) is 4.79 Å². The molecular weight excluding hydrogens is 386 g/mol. The van der Waals surface area contributed by atoms with Gasteiger partial charge in [0.25, 0.3) is 0 Å². The molecule has 0 saturated heterocycles. The summed E-state index contributed by atoms with van der Waals surface area (Å²) in [6, 6.07) is 5.60. The van der Waals surface area contributed by atoms with Crippen LogP contribution in [0.25, 0.3) is 10.9 Å². The van der Waals surface area contributed by atoms with Crippen molar-refractivity contribution in [1.29, 1.82) is 0 Å². The zero-order valence-corrected chi connectivity index (χ0v) is 15.9. The van der Waals surface area contributed by atoms with Crippen LogP contribution >= 0.6 is 15.9 Å². The fourth-order valence-electron chi connectivity index (χ4n) is 3.17. The van der Waals surface area contributed by atoms with Crippen molar-refractivity contribution in [2.75, 3.05) is 19.0 Å². The van der Waals surface area contributed by atoms with Crippen LogP contribution in [0.3, 0.4) is 0 Å². The fraction of sp³-hybridized carbons (Fsp3) is 0.421. The molecule has 1 fully saturated rings. The van der Waals surface area contributed by atoms with Crippen LogP contribution in [0, 0.1) is 0 Å². The van der Waals surface area contributed by atoms with Crippen LogP contribution in [-0.4, -0.2) is 35.8 Å². The summed E-state index contributed by atoms with van der Waals surface area (Å²) in [6.45, 7) is 2.02. The van der Waals surface area contributed by atoms with E-state index in [2.05, 4.69) is 20.9 Å². The van der Waals surface area contributed by atoms with Gasteiger partial charge in [-0.25, -0.2) is 9.78 Å². The molecule has 3 rings (SSSR count). The number of fused-ring (bicyclic) bond motifs is 1. The van der Waals surface area contributed by atoms with Gasteiger partial charge in [-0.05, 0) is 37.3 Å². The van der Waals surface area contributed by atoms with Crippen LogP contribution < -0.4 is 4.74 Å². The highest BCUT2D eigenvalue weighted by molar-refractivity contribution is 9.09. The van der Waals surface area contributed by atoms with Crippen molar-refractivity contribution >= 4 is 38.6 Å². The maximum absolute atomic E-state index is 12.6. The summed E-state index contributed by atoms with van der Waals surface area (Å²) in [5, 5.41) is 0.964. The molecular formula is C19H20BrNO4. The van der Waals surface area contributed by atoms with Gasteiger partial charge in [0.2, 0.25) is 5.88 Å². The van der Waals surface area contributed by atoms with Gasteiger partial charge >= 0.3 is 5.97 Å². The summed E-state index contributed by atoms with van der Waals surface area (Å²) in [5.74, 6) is 0.0939. The minimum atomic E-state index is -0.481. The Labute approximate surface area is 154 Å². The standard InChI is InChI=1S/C19H20BrNO4/c1-3-25-19(23)14-9-12-7-8-13(11-5-4-6-11)16(15(22)10-20)17(12)21-18(14)24-2/h7-9,11H,3-6,10H2,1-2H3. The van der Waals surface area contributed by atoms with E-state index in [1.54, 1.807) is 13.0 Å². The molecule has 5 nitrogen and oxygen atoms in total. The molecule has 0 aliphatic heterocycles. The van der Waals surface area contributed by atoms with Gasteiger partial charge in [0, 0.05) is 10.9 Å². The Morgan fingerprint density at radius 1 is 1.32 bits per heavy atom. The van der Waals surface area contributed by atoms with Crippen molar-refractivity contribution in [3.05, 3.63) is 34.9 Å². The molecule has 132 valence electrons. The van der Waals surface area contributed by atoms with E-state index < -0.39 is 5.97 Å². The molecule has 0 bridgehead atoms. The zero-order chi connectivity index (χ0) is 18.0. The first-order valence-corrected chi connectivity index (χ1v) is 9.50. The van der Waals surface area contributed by atoms with Crippen molar-refractivity contribution in [1.82, 2.24) is 4.98 Å². The van der Waals surface area contributed by atoms with Gasteiger partial charge in [0.15, 0.2) is 5.78 Å². The third-order valence-corrected chi connectivity index (χ3v) is 5.13. The number of esters is 1. The van der Waals surface area contributed by atoms with Crippen molar-refractivity contribution < 1.29 is 19.1 Å². The van der Waals surface area contributed by atoms with E-state index in [0.717, 1.165) is 23.8 Å². The Morgan fingerprint density at radius 3 is 2.64 bits per heavy atom. The minimum Gasteiger partial charge on any atom is -0.480 e. The van der Waals surface area contributed by atoms with Gasteiger partial charge in [0.05, 0.1) is 24.6 Å². The van der Waals surface area contributed by atoms with Gasteiger partial charge in [0.1, 0.15) is 5.56 Å². The maximum Gasteiger partial charge on any atom is 0.343 e. The number of ketones is 1. The second-order valence-corrected chi connectivity index (χ2v) is 6.61. The Morgan fingerprint density at radius 2 is 2.08 bits per heavy atom. The molecule has 25 heavy (non-hydrogen) atoms. The second-order valence-electron chi connectivity index (χ2n) is 6.05. The number of carbonyl (C=O) groups is 2. The number of hydrogen-bond donors (Lipinski definition) is 0. The van der Waals surface area contributed by atoms with Crippen molar-refractivity contribution in [2.45, 2.75) is 32.1 Å². The largest absolute Gasteiger partial charge is 0.480 e. The van der Waals surface area contributed by atoms with Crippen LogP contribution in [0.2, 0.25) is 0 Å². The van der Waals surface area contributed by atoms with Gasteiger partial charge in [-0.15, -0.1) is 0 Å². The van der Waals surface area contributed by atoms with Crippen LogP contribution in [0.15, 0.2) is 18.2 Å². The van der Waals surface area contributed by atoms with Gasteiger partial charge in [-0.2, -0.15) is 0 Å². The van der Waals surface area contributed by atoms with Crippen molar-refractivity contribution in [3.63, 3.8) is 0 Å². The average Bonchev–Trinajstić information content (AvgIpc) is 2.58. The highest BCUT2D eigenvalue weighted by Gasteiger charge is 2.27. The smallest absolute Gasteiger partial charge is 0.343 e. The molecule has 1 saturated carbocycles. The molecule has 0 spiro atoms. The van der Waals surface area contributed by atoms with E-state index in [-0.39, 0.29) is 29.2 Å². The Hall–Kier alpha value is -1.95. The number of ether oxygens (including phenoxy) is 2. The Bertz CT molecular complexity index is 830. The topological polar surface area (TPSA) is 65.5 Å². The normalized spacial score (nSPS) is 14.2. The SMILES string of the molecule is CCOC(=O)c1cc2ccc(C3CCC3)c(C(=O)CBr)c2nc1OC. The number of hydrogen-bond acceptors (Lipinski definition) is 5. The molecule has 1 aromatic heterocycles. The average molecular weight is 406 g/mol. The number of alkyl halides is 1. The minimum absolute atomic E-state index is 0.00839. The van der Waals surface area contributed by atoms with E-state index in [9.17, 15) is 9.59 Å². The molecule has 0 amide bonds. The van der Waals surface area contributed by atoms with Crippen molar-refractivity contribution in [2.24, 2.45) is 0 Å². The summed E-state index contributed by atoms with van der Waals surface area (Å²) in [6.07, 6.45) is 3.36. The number of methoxy groups -OCH3 is 1. The van der Waals surface area contributed by atoms with E-state index >= 15 is 0 Å². The molecule has 0 N–H and O–H groups in total. The number of carbonyl (C=O) groups excluding carboxylic acids is 2. The molecule has 0 unspecified atom stereocenters.